The average Bonchev–Trinajstić information content (AvgIpc) is 3.35. The minimum absolute atomic E-state index is 0.229. The summed E-state index contributed by atoms with van der Waals surface area (Å²) in [4.78, 5) is 44.8. The Hall–Kier alpha value is -3.61. The highest BCUT2D eigenvalue weighted by Gasteiger charge is 2.64. The van der Waals surface area contributed by atoms with E-state index in [2.05, 4.69) is 0 Å². The third-order valence-corrected chi connectivity index (χ3v) is 7.60. The SMILES string of the molecule is COc1ccc(C(=O)[C@H]2[C@H]3C(=O)N(c4cc(Cl)cc(Cl)c4)C(=O)[C@@H]3[C@H]3C=Cc4ccccc4N32)cc1. The van der Waals surface area contributed by atoms with E-state index < -0.39 is 29.8 Å². The van der Waals surface area contributed by atoms with Gasteiger partial charge in [-0.05, 0) is 54.1 Å². The van der Waals surface area contributed by atoms with Gasteiger partial charge in [0.1, 0.15) is 11.8 Å². The second kappa shape index (κ2) is 8.50. The molecule has 2 saturated heterocycles. The first-order valence-electron chi connectivity index (χ1n) is 11.5. The van der Waals surface area contributed by atoms with Gasteiger partial charge in [0, 0.05) is 21.3 Å². The van der Waals surface area contributed by atoms with Crippen LogP contribution in [0.1, 0.15) is 15.9 Å². The van der Waals surface area contributed by atoms with Crippen LogP contribution in [0, 0.1) is 11.8 Å². The zero-order valence-corrected chi connectivity index (χ0v) is 20.6. The number of hydrogen-bond acceptors (Lipinski definition) is 5. The summed E-state index contributed by atoms with van der Waals surface area (Å²) in [6.07, 6.45) is 3.87. The first kappa shape index (κ1) is 22.8. The Bertz CT molecular complexity index is 1430. The number of amides is 2. The molecular formula is C28H20Cl2N2O4. The number of benzene rings is 3. The monoisotopic (exact) mass is 518 g/mol. The fourth-order valence-electron chi connectivity index (χ4n) is 5.66. The minimum Gasteiger partial charge on any atom is -0.497 e. The molecule has 0 bridgehead atoms. The molecule has 4 atom stereocenters. The smallest absolute Gasteiger partial charge is 0.240 e. The average molecular weight is 519 g/mol. The van der Waals surface area contributed by atoms with Crippen molar-refractivity contribution in [1.82, 2.24) is 0 Å². The van der Waals surface area contributed by atoms with Crippen molar-refractivity contribution in [3.05, 3.63) is 94.0 Å². The van der Waals surface area contributed by atoms with E-state index in [-0.39, 0.29) is 11.7 Å². The number of para-hydroxylation sites is 1. The highest BCUT2D eigenvalue weighted by Crippen LogP contribution is 2.50. The molecule has 0 aliphatic carbocycles. The maximum atomic E-state index is 14.0. The van der Waals surface area contributed by atoms with Gasteiger partial charge in [0.15, 0.2) is 5.78 Å². The van der Waals surface area contributed by atoms with Crippen molar-refractivity contribution >= 4 is 58.3 Å². The Kier molecular flexibility index (Phi) is 5.39. The molecule has 0 saturated carbocycles. The van der Waals surface area contributed by atoms with Crippen molar-refractivity contribution < 1.29 is 19.1 Å². The van der Waals surface area contributed by atoms with Gasteiger partial charge in [0.25, 0.3) is 0 Å². The summed E-state index contributed by atoms with van der Waals surface area (Å²) in [6.45, 7) is 0. The predicted molar refractivity (Wildman–Crippen MR) is 139 cm³/mol. The number of hydrogen-bond donors (Lipinski definition) is 0. The number of imide groups is 1. The van der Waals surface area contributed by atoms with Gasteiger partial charge < -0.3 is 9.64 Å². The molecule has 6 rings (SSSR count). The number of halogens is 2. The molecule has 0 aromatic heterocycles. The fourth-order valence-corrected chi connectivity index (χ4v) is 6.18. The number of Topliss-reactive ketones (excluding diaryl/α,β-unsaturated/α-hetero) is 1. The summed E-state index contributed by atoms with van der Waals surface area (Å²) in [7, 11) is 1.56. The van der Waals surface area contributed by atoms with Gasteiger partial charge >= 0.3 is 0 Å². The van der Waals surface area contributed by atoms with E-state index in [1.165, 1.54) is 18.2 Å². The number of anilines is 2. The van der Waals surface area contributed by atoms with Crippen LogP contribution in [0.4, 0.5) is 11.4 Å². The minimum atomic E-state index is -0.870. The maximum Gasteiger partial charge on any atom is 0.240 e. The van der Waals surface area contributed by atoms with Crippen molar-refractivity contribution in [3.63, 3.8) is 0 Å². The quantitative estimate of drug-likeness (QED) is 0.347. The van der Waals surface area contributed by atoms with E-state index in [0.29, 0.717) is 27.0 Å². The number of methoxy groups -OCH3 is 1. The molecule has 6 nitrogen and oxygen atoms in total. The normalized spacial score (nSPS) is 24.0. The van der Waals surface area contributed by atoms with Crippen LogP contribution >= 0.6 is 23.2 Å². The Labute approximate surface area is 217 Å². The van der Waals surface area contributed by atoms with Gasteiger partial charge in [0.2, 0.25) is 11.8 Å². The lowest BCUT2D eigenvalue weighted by molar-refractivity contribution is -0.122. The van der Waals surface area contributed by atoms with Crippen LogP contribution in [0.2, 0.25) is 10.0 Å². The number of nitrogens with zero attached hydrogens (tertiary/aromatic N) is 2. The first-order chi connectivity index (χ1) is 17.4. The topological polar surface area (TPSA) is 66.9 Å². The van der Waals surface area contributed by atoms with Crippen LogP contribution in [0.15, 0.2) is 72.8 Å². The van der Waals surface area contributed by atoms with Crippen LogP contribution in [0.5, 0.6) is 5.75 Å². The molecule has 3 aromatic rings. The van der Waals surface area contributed by atoms with E-state index in [4.69, 9.17) is 27.9 Å². The molecule has 180 valence electrons. The lowest BCUT2D eigenvalue weighted by Crippen LogP contribution is -2.48. The van der Waals surface area contributed by atoms with Crippen LogP contribution < -0.4 is 14.5 Å². The third-order valence-electron chi connectivity index (χ3n) is 7.16. The van der Waals surface area contributed by atoms with Crippen LogP contribution in [0.25, 0.3) is 6.08 Å². The number of ketones is 1. The van der Waals surface area contributed by atoms with Gasteiger partial charge in [-0.1, -0.05) is 53.6 Å². The zero-order chi connectivity index (χ0) is 25.1. The van der Waals surface area contributed by atoms with Gasteiger partial charge in [-0.15, -0.1) is 0 Å². The molecule has 0 N–H and O–H groups in total. The van der Waals surface area contributed by atoms with Crippen molar-refractivity contribution in [2.75, 3.05) is 16.9 Å². The summed E-state index contributed by atoms with van der Waals surface area (Å²) < 4.78 is 5.23. The molecular weight excluding hydrogens is 499 g/mol. The molecule has 3 aromatic carbocycles. The summed E-state index contributed by atoms with van der Waals surface area (Å²) in [5.74, 6) is -2.01. The fraction of sp³-hybridized carbons (Fsp3) is 0.179. The highest BCUT2D eigenvalue weighted by atomic mass is 35.5. The Balaban J connectivity index is 1.48. The largest absolute Gasteiger partial charge is 0.497 e. The number of carbonyl (C=O) groups is 3. The zero-order valence-electron chi connectivity index (χ0n) is 19.1. The first-order valence-corrected chi connectivity index (χ1v) is 12.2. The molecule has 0 spiro atoms. The summed E-state index contributed by atoms with van der Waals surface area (Å²) in [6, 6.07) is 17.8. The highest BCUT2D eigenvalue weighted by molar-refractivity contribution is 6.36. The molecule has 2 amide bonds. The Morgan fingerprint density at radius 2 is 1.56 bits per heavy atom. The van der Waals surface area contributed by atoms with Gasteiger partial charge in [-0.3, -0.25) is 14.4 Å². The standard InChI is InChI=1S/C28H20Cl2N2O4/c1-36-20-9-6-16(7-10-20)26(33)25-24-23(22-11-8-15-4-2-3-5-21(15)32(22)25)27(34)31(28(24)35)19-13-17(29)12-18(30)14-19/h2-14,22-25H,1H3/t22-,23-,24+,25-/m1/s1. The molecule has 0 unspecified atom stereocenters. The lowest BCUT2D eigenvalue weighted by Gasteiger charge is -2.36. The Morgan fingerprint density at radius 3 is 2.25 bits per heavy atom. The predicted octanol–water partition coefficient (Wildman–Crippen LogP) is 5.27. The molecule has 0 radical (unpaired) electrons. The molecule has 36 heavy (non-hydrogen) atoms. The van der Waals surface area contributed by atoms with Crippen LogP contribution in [0.3, 0.4) is 0 Å². The molecule has 2 fully saturated rings. The van der Waals surface area contributed by atoms with Crippen molar-refractivity contribution in [3.8, 4) is 5.75 Å². The van der Waals surface area contributed by atoms with Crippen molar-refractivity contribution in [2.45, 2.75) is 12.1 Å². The third kappa shape index (κ3) is 3.36. The van der Waals surface area contributed by atoms with Gasteiger partial charge in [0.05, 0.1) is 30.7 Å². The number of fused-ring (bicyclic) bond motifs is 5. The molecule has 3 aliphatic rings. The van der Waals surface area contributed by atoms with E-state index in [1.54, 1.807) is 31.4 Å². The lowest BCUT2D eigenvalue weighted by atomic mass is 9.86. The Morgan fingerprint density at radius 1 is 0.889 bits per heavy atom. The van der Waals surface area contributed by atoms with Crippen molar-refractivity contribution in [2.24, 2.45) is 11.8 Å². The summed E-state index contributed by atoms with van der Waals surface area (Å²) >= 11 is 12.4. The van der Waals surface area contributed by atoms with E-state index in [9.17, 15) is 14.4 Å². The van der Waals surface area contributed by atoms with Gasteiger partial charge in [-0.2, -0.15) is 0 Å². The summed E-state index contributed by atoms with van der Waals surface area (Å²) in [5, 5.41) is 0.628. The molecule has 3 aliphatic heterocycles. The second-order valence-corrected chi connectivity index (χ2v) is 9.92. The number of ether oxygens (including phenoxy) is 1. The summed E-state index contributed by atoms with van der Waals surface area (Å²) in [5.41, 5.74) is 2.50. The molecule has 8 heteroatoms. The van der Waals surface area contributed by atoms with E-state index in [1.807, 2.05) is 41.3 Å². The van der Waals surface area contributed by atoms with E-state index in [0.717, 1.165) is 16.2 Å². The maximum absolute atomic E-state index is 14.0. The van der Waals surface area contributed by atoms with Crippen LogP contribution in [-0.4, -0.2) is 36.8 Å². The molecule has 3 heterocycles. The second-order valence-electron chi connectivity index (χ2n) is 9.04. The van der Waals surface area contributed by atoms with Crippen molar-refractivity contribution in [1.29, 1.82) is 0 Å². The number of rotatable bonds is 4. The van der Waals surface area contributed by atoms with Gasteiger partial charge in [-0.25, -0.2) is 4.90 Å². The number of carbonyl (C=O) groups excluding carboxylic acids is 3. The van der Waals surface area contributed by atoms with E-state index >= 15 is 0 Å². The van der Waals surface area contributed by atoms with Crippen LogP contribution in [-0.2, 0) is 9.59 Å².